The van der Waals surface area contributed by atoms with Gasteiger partial charge in [0, 0.05) is 6.42 Å². The summed E-state index contributed by atoms with van der Waals surface area (Å²) in [6, 6.07) is 17.6. The highest BCUT2D eigenvalue weighted by molar-refractivity contribution is 5.95. The molecule has 0 saturated heterocycles. The van der Waals surface area contributed by atoms with E-state index in [1.54, 1.807) is 0 Å². The smallest absolute Gasteiger partial charge is 0.313 e. The second-order valence-corrected chi connectivity index (χ2v) is 5.21. The van der Waals surface area contributed by atoms with Crippen molar-refractivity contribution in [1.82, 2.24) is 0 Å². The zero-order chi connectivity index (χ0) is 16.5. The number of Topliss-reactive ketones (excluding diaryl/α,β-unsaturated/α-hetero) is 1. The molecule has 0 saturated carbocycles. The first-order chi connectivity index (χ1) is 11.2. The summed E-state index contributed by atoms with van der Waals surface area (Å²) < 4.78 is 10.2. The van der Waals surface area contributed by atoms with Gasteiger partial charge < -0.3 is 9.47 Å². The van der Waals surface area contributed by atoms with Crippen molar-refractivity contribution >= 4 is 11.8 Å². The van der Waals surface area contributed by atoms with Crippen LogP contribution in [0.1, 0.15) is 24.0 Å². The first-order valence-electron chi connectivity index (χ1n) is 7.51. The Morgan fingerprint density at radius 3 is 2.26 bits per heavy atom. The molecule has 0 bridgehead atoms. The van der Waals surface area contributed by atoms with Gasteiger partial charge in [-0.15, -0.1) is 0 Å². The van der Waals surface area contributed by atoms with Crippen LogP contribution < -0.4 is 4.74 Å². The zero-order valence-electron chi connectivity index (χ0n) is 13.2. The number of hydrogen-bond acceptors (Lipinski definition) is 4. The fourth-order valence-corrected chi connectivity index (χ4v) is 2.10. The summed E-state index contributed by atoms with van der Waals surface area (Å²) >= 11 is 0. The molecule has 0 fully saturated rings. The summed E-state index contributed by atoms with van der Waals surface area (Å²) in [7, 11) is 1.28. The molecule has 0 radical (unpaired) electrons. The van der Waals surface area contributed by atoms with Crippen molar-refractivity contribution in [3.8, 4) is 5.75 Å². The van der Waals surface area contributed by atoms with E-state index in [-0.39, 0.29) is 12.2 Å². The first-order valence-corrected chi connectivity index (χ1v) is 7.51. The van der Waals surface area contributed by atoms with Gasteiger partial charge in [-0.3, -0.25) is 9.59 Å². The van der Waals surface area contributed by atoms with E-state index in [4.69, 9.17) is 4.74 Å². The van der Waals surface area contributed by atoms with Gasteiger partial charge in [0.15, 0.2) is 0 Å². The van der Waals surface area contributed by atoms with Gasteiger partial charge >= 0.3 is 5.97 Å². The number of esters is 1. The lowest BCUT2D eigenvalue weighted by Crippen LogP contribution is -2.09. The van der Waals surface area contributed by atoms with E-state index in [1.807, 2.05) is 54.6 Å². The maximum absolute atomic E-state index is 11.6. The molecule has 23 heavy (non-hydrogen) atoms. The highest BCUT2D eigenvalue weighted by Crippen LogP contribution is 2.15. The second-order valence-electron chi connectivity index (χ2n) is 5.21. The minimum absolute atomic E-state index is 0.110. The van der Waals surface area contributed by atoms with Crippen molar-refractivity contribution in [2.75, 3.05) is 7.11 Å². The summed E-state index contributed by atoms with van der Waals surface area (Å²) in [4.78, 5) is 22.6. The lowest BCUT2D eigenvalue weighted by molar-refractivity contribution is -0.143. The quantitative estimate of drug-likeness (QED) is 0.554. The second kappa shape index (κ2) is 8.73. The van der Waals surface area contributed by atoms with E-state index in [1.165, 1.54) is 7.11 Å². The Labute approximate surface area is 136 Å². The predicted molar refractivity (Wildman–Crippen MR) is 87.2 cm³/mol. The molecule has 2 aromatic rings. The van der Waals surface area contributed by atoms with Crippen LogP contribution in [0.2, 0.25) is 0 Å². The third-order valence-corrected chi connectivity index (χ3v) is 3.43. The van der Waals surface area contributed by atoms with Crippen LogP contribution >= 0.6 is 0 Å². The molecule has 0 atom stereocenters. The molecule has 0 spiro atoms. The molecule has 120 valence electrons. The third-order valence-electron chi connectivity index (χ3n) is 3.43. The van der Waals surface area contributed by atoms with Crippen LogP contribution in [-0.2, 0) is 27.4 Å². The Kier molecular flexibility index (Phi) is 6.36. The number of benzene rings is 2. The molecule has 2 rings (SSSR count). The Hall–Kier alpha value is -2.62. The maximum atomic E-state index is 11.6. The van der Waals surface area contributed by atoms with E-state index < -0.39 is 5.97 Å². The minimum Gasteiger partial charge on any atom is -0.489 e. The van der Waals surface area contributed by atoms with E-state index in [2.05, 4.69) is 4.74 Å². The Morgan fingerprint density at radius 1 is 0.913 bits per heavy atom. The van der Waals surface area contributed by atoms with Crippen molar-refractivity contribution in [3.63, 3.8) is 0 Å². The standard InChI is InChI=1S/C19H20O4/c1-22-19(21)13-17(20)10-7-15-8-11-18(12-9-15)23-14-16-5-3-2-4-6-16/h2-6,8-9,11-12H,7,10,13-14H2,1H3. The third kappa shape index (κ3) is 5.94. The molecule has 0 aromatic heterocycles. The highest BCUT2D eigenvalue weighted by Gasteiger charge is 2.09. The predicted octanol–water partition coefficient (Wildman–Crippen LogP) is 3.33. The molecule has 0 aliphatic carbocycles. The lowest BCUT2D eigenvalue weighted by atomic mass is 10.1. The van der Waals surface area contributed by atoms with Gasteiger partial charge in [-0.05, 0) is 29.7 Å². The van der Waals surface area contributed by atoms with Gasteiger partial charge in [0.05, 0.1) is 7.11 Å². The van der Waals surface area contributed by atoms with Crippen molar-refractivity contribution in [3.05, 3.63) is 65.7 Å². The summed E-state index contributed by atoms with van der Waals surface area (Å²) in [5, 5.41) is 0. The first kappa shape index (κ1) is 16.7. The van der Waals surface area contributed by atoms with Crippen molar-refractivity contribution in [2.45, 2.75) is 25.9 Å². The van der Waals surface area contributed by atoms with Crippen LogP contribution in [0.25, 0.3) is 0 Å². The minimum atomic E-state index is -0.486. The fraction of sp³-hybridized carbons (Fsp3) is 0.263. The SMILES string of the molecule is COC(=O)CC(=O)CCc1ccc(OCc2ccccc2)cc1. The molecular formula is C19H20O4. The Balaban J connectivity index is 1.78. The number of ketones is 1. The number of aryl methyl sites for hydroxylation is 1. The van der Waals surface area contributed by atoms with E-state index in [9.17, 15) is 9.59 Å². The molecule has 0 N–H and O–H groups in total. The van der Waals surface area contributed by atoms with Crippen LogP contribution in [0, 0.1) is 0 Å². The van der Waals surface area contributed by atoms with E-state index >= 15 is 0 Å². The van der Waals surface area contributed by atoms with Gasteiger partial charge in [-0.1, -0.05) is 42.5 Å². The average Bonchev–Trinajstić information content (AvgIpc) is 2.60. The van der Waals surface area contributed by atoms with Crippen molar-refractivity contribution in [2.24, 2.45) is 0 Å². The number of methoxy groups -OCH3 is 1. The fourth-order valence-electron chi connectivity index (χ4n) is 2.10. The maximum Gasteiger partial charge on any atom is 0.313 e. The molecule has 4 nitrogen and oxygen atoms in total. The Bertz CT molecular complexity index is 632. The molecule has 0 heterocycles. The van der Waals surface area contributed by atoms with Crippen LogP contribution in [0.15, 0.2) is 54.6 Å². The van der Waals surface area contributed by atoms with Gasteiger partial charge in [-0.25, -0.2) is 0 Å². The van der Waals surface area contributed by atoms with Crippen LogP contribution in [0.5, 0.6) is 5.75 Å². The van der Waals surface area contributed by atoms with Crippen LogP contribution in [0.3, 0.4) is 0 Å². The average molecular weight is 312 g/mol. The summed E-state index contributed by atoms with van der Waals surface area (Å²) in [5.74, 6) is 0.194. The van der Waals surface area contributed by atoms with Crippen molar-refractivity contribution in [1.29, 1.82) is 0 Å². The van der Waals surface area contributed by atoms with Gasteiger partial charge in [0.2, 0.25) is 0 Å². The highest BCUT2D eigenvalue weighted by atomic mass is 16.5. The topological polar surface area (TPSA) is 52.6 Å². The summed E-state index contributed by atoms with van der Waals surface area (Å²) in [5.41, 5.74) is 2.15. The largest absolute Gasteiger partial charge is 0.489 e. The van der Waals surface area contributed by atoms with Crippen molar-refractivity contribution < 1.29 is 19.1 Å². The molecule has 4 heteroatoms. The van der Waals surface area contributed by atoms with E-state index in [0.29, 0.717) is 19.4 Å². The van der Waals surface area contributed by atoms with Crippen LogP contribution in [-0.4, -0.2) is 18.9 Å². The zero-order valence-corrected chi connectivity index (χ0v) is 13.2. The van der Waals surface area contributed by atoms with Gasteiger partial charge in [-0.2, -0.15) is 0 Å². The number of carbonyl (C=O) groups is 2. The number of rotatable bonds is 8. The Morgan fingerprint density at radius 2 is 1.61 bits per heavy atom. The normalized spacial score (nSPS) is 10.1. The molecule has 0 amide bonds. The monoisotopic (exact) mass is 312 g/mol. The molecule has 2 aromatic carbocycles. The molecule has 0 aliphatic rings. The summed E-state index contributed by atoms with van der Waals surface area (Å²) in [6.07, 6.45) is 0.781. The number of hydrogen-bond donors (Lipinski definition) is 0. The van der Waals surface area contributed by atoms with Gasteiger partial charge in [0.1, 0.15) is 24.6 Å². The number of ether oxygens (including phenoxy) is 2. The molecular weight excluding hydrogens is 292 g/mol. The number of carbonyl (C=O) groups excluding carboxylic acids is 2. The van der Waals surface area contributed by atoms with Gasteiger partial charge in [0.25, 0.3) is 0 Å². The molecule has 0 aliphatic heterocycles. The lowest BCUT2D eigenvalue weighted by Gasteiger charge is -2.07. The molecule has 0 unspecified atom stereocenters. The van der Waals surface area contributed by atoms with E-state index in [0.717, 1.165) is 16.9 Å². The van der Waals surface area contributed by atoms with Crippen LogP contribution in [0.4, 0.5) is 0 Å². The summed E-state index contributed by atoms with van der Waals surface area (Å²) in [6.45, 7) is 0.526.